The average molecular weight is 1920 g/mol. The van der Waals surface area contributed by atoms with E-state index in [0.29, 0.717) is 0 Å². The summed E-state index contributed by atoms with van der Waals surface area (Å²) in [6, 6.07) is 72.9. The molecule has 0 spiro atoms. The number of thiazole rings is 1. The van der Waals surface area contributed by atoms with Crippen LogP contribution in [0.5, 0.6) is 0 Å². The molecule has 35 nitrogen and oxygen atoms in total. The third-order valence-electron chi connectivity index (χ3n) is 13.7. The van der Waals surface area contributed by atoms with E-state index in [1.807, 2.05) is 186 Å². The van der Waals surface area contributed by atoms with Gasteiger partial charge in [-0.3, -0.25) is 40.0 Å². The number of nitrogens with one attached hydrogen (secondary N) is 7. The number of benzene rings is 4. The van der Waals surface area contributed by atoms with Crippen LogP contribution in [0.2, 0.25) is 0 Å². The summed E-state index contributed by atoms with van der Waals surface area (Å²) >= 11 is 10.2. The van der Waals surface area contributed by atoms with Crippen LogP contribution in [-0.4, -0.2) is 160 Å². The lowest BCUT2D eigenvalue weighted by Crippen LogP contribution is -1.78. The minimum absolute atomic E-state index is 0.949. The number of hydrogen-bond acceptors (Lipinski definition) is 34. The molecule has 0 saturated carbocycles. The van der Waals surface area contributed by atoms with Crippen LogP contribution in [0.25, 0.3) is 52.5 Å². The predicted octanol–water partition coefficient (Wildman–Crippen LogP) is 22.2. The molecule has 0 bridgehead atoms. The van der Waals surface area contributed by atoms with E-state index in [1.165, 1.54) is 98.8 Å². The maximum absolute atomic E-state index is 4.58. The van der Waals surface area contributed by atoms with Crippen molar-refractivity contribution in [3.05, 3.63) is 517 Å². The molecule has 0 aliphatic rings. The Morgan fingerprint density at radius 1 is 0.265 bits per heavy atom. The van der Waals surface area contributed by atoms with E-state index in [9.17, 15) is 0 Å². The molecule has 0 fully saturated rings. The molecule has 7 N–H and O–H groups in total. The van der Waals surface area contributed by atoms with Crippen molar-refractivity contribution in [2.24, 2.45) is 0 Å². The van der Waals surface area contributed by atoms with Gasteiger partial charge in [-0.15, -0.1) is 55.5 Å². The second-order valence-electron chi connectivity index (χ2n) is 23.0. The molecule has 0 radical (unpaired) electrons. The second kappa shape index (κ2) is 82.6. The summed E-state index contributed by atoms with van der Waals surface area (Å²) in [6.45, 7) is 0. The van der Waals surface area contributed by atoms with E-state index in [4.69, 9.17) is 0 Å². The summed E-state index contributed by atoms with van der Waals surface area (Å²) in [5.74, 6) is 0. The minimum atomic E-state index is 0.949. The number of rotatable bonds is 0. The number of aromatic amines is 7. The number of aromatic nitrogens is 32. The van der Waals surface area contributed by atoms with Crippen molar-refractivity contribution in [1.29, 1.82) is 0 Å². The van der Waals surface area contributed by atoms with Gasteiger partial charge in [-0.05, 0) is 189 Å². The number of hydrogen-bond donors (Lipinski definition) is 7. The molecule has 23 aromatic heterocycles. The van der Waals surface area contributed by atoms with Crippen LogP contribution in [0.4, 0.5) is 0 Å². The average Bonchev–Trinajstić information content (AvgIpc) is 1.82. The molecular formula is C95H92N32O3S6. The SMILES string of the molecule is c1c[nH]cn1.c1cc2sccc2s1.c1cc[nH]c1.c1ccc2[nH]ccc2c1.c1ccc2[nH]cnc2c1.c1ccc2nccnc2c1.c1ccc2sccc2c1.c1ccncc1.c1ccncc1.c1ccoc1.c1ccsc1.c1cn[nH]c1.c1cn[nH]n1.c1cnccn1.c1cncnc1.c1cncnc1.c1cnoc1.c1cnsc1.c1cocn1.c1cscn1.c1ncncn1.c1nn[nH]n1. The van der Waals surface area contributed by atoms with Gasteiger partial charge in [-0.1, -0.05) is 95.3 Å². The second-order valence-corrected chi connectivity index (χ2v) is 28.2. The number of para-hydroxylation sites is 5. The van der Waals surface area contributed by atoms with Crippen molar-refractivity contribution < 1.29 is 13.4 Å². The van der Waals surface area contributed by atoms with Crippen molar-refractivity contribution in [2.45, 2.75) is 0 Å². The zero-order valence-electron chi connectivity index (χ0n) is 72.4. The molecule has 23 heterocycles. The molecule has 4 aromatic carbocycles. The standard InChI is InChI=1S/C8H6N2.C8H7N.C8H6S.C7H6N2.C6H4S2.2C5H5N.3C4H4N2.C4H5N.C4H4O.C4H4S.C3H3N3.2C3H4N2.2C3H3NO.2C3H3NS.C2H3N3.CH2N4/c1-2-4-8-7(3-1)9-5-6-10-8;2*1-2-4-8-7(3-1)5-6-9-8;1-2-4-7-6(3-1)8-5-9-7;1-3-7-6-2-4-8-5(1)6;2*1-2-4-6-5-3-1;1-2-6-4-3-5-1;2*1-2-5-4-6-3-1;3*1-2-4-5-3-1;1-4-2-6-3-5-1;1-2-5-3-4-1;1-2-4-5-3-1;1-2-5-3-4-1;1-2-4-5-3-1;1-2-5-3-4-1;3*1-2-4-5-3-1/h1-6H;1-6,9H;1-6H;1-5H,(H,8,9);1-4H;2*1-5H;3*1-4H;1-5H;2*1-4H;1-3H;2*1-3H,(H,4,5);4*1-3H;1-2H,(H,3,4,5);1H,(H,2,3,4,5). The highest BCUT2D eigenvalue weighted by Crippen LogP contribution is 2.25. The normalized spacial score (nSPS) is 8.74. The summed E-state index contributed by atoms with van der Waals surface area (Å²) in [7, 11) is 0. The predicted molar refractivity (Wildman–Crippen MR) is 539 cm³/mol. The highest BCUT2D eigenvalue weighted by Gasteiger charge is 1.93. The summed E-state index contributed by atoms with van der Waals surface area (Å²) in [4.78, 5) is 75.4. The van der Waals surface area contributed by atoms with Gasteiger partial charge >= 0.3 is 0 Å². The maximum Gasteiger partial charge on any atom is 0.180 e. The number of furan rings is 1. The zero-order valence-corrected chi connectivity index (χ0v) is 77.3. The third-order valence-corrected chi connectivity index (χ3v) is 18.2. The first kappa shape index (κ1) is 107. The largest absolute Gasteiger partial charge is 0.473 e. The lowest BCUT2D eigenvalue weighted by atomic mass is 10.3. The first-order valence-electron chi connectivity index (χ1n) is 39.7. The summed E-state index contributed by atoms with van der Waals surface area (Å²) in [5, 5.41) is 48.0. The number of fused-ring (bicyclic) bond motifs is 5. The van der Waals surface area contributed by atoms with Crippen LogP contribution in [0.15, 0.2) is 530 Å². The van der Waals surface area contributed by atoms with Crippen molar-refractivity contribution in [3.8, 4) is 0 Å². The van der Waals surface area contributed by atoms with Gasteiger partial charge in [0, 0.05) is 173 Å². The fraction of sp³-hybridized carbons (Fsp3) is 0. The molecule has 0 atom stereocenters. The Hall–Kier alpha value is -18.0. The van der Waals surface area contributed by atoms with Crippen LogP contribution in [0, 0.1) is 0 Å². The van der Waals surface area contributed by atoms with Gasteiger partial charge in [0.15, 0.2) is 12.7 Å². The van der Waals surface area contributed by atoms with Crippen LogP contribution >= 0.6 is 68.2 Å². The quantitative estimate of drug-likeness (QED) is 0.0741. The van der Waals surface area contributed by atoms with Gasteiger partial charge in [0.25, 0.3) is 0 Å². The third kappa shape index (κ3) is 61.4. The number of oxazole rings is 1. The van der Waals surface area contributed by atoms with Crippen LogP contribution in [0.3, 0.4) is 0 Å². The Balaban J connectivity index is 0.000000220. The molecule has 41 heteroatoms. The van der Waals surface area contributed by atoms with Crippen molar-refractivity contribution in [2.75, 3.05) is 0 Å². The monoisotopic (exact) mass is 1920 g/mol. The molecule has 27 rings (SSSR count). The number of imidazole rings is 2. The smallest absolute Gasteiger partial charge is 0.180 e. The Kier molecular flexibility index (Phi) is 64.9. The minimum Gasteiger partial charge on any atom is -0.473 e. The topological polar surface area (TPSA) is 472 Å². The lowest BCUT2D eigenvalue weighted by Gasteiger charge is -1.90. The van der Waals surface area contributed by atoms with Gasteiger partial charge in [-0.2, -0.15) is 37.1 Å². The molecular weight excluding hydrogens is 1830 g/mol. The number of thiophene rings is 4. The van der Waals surface area contributed by atoms with Gasteiger partial charge in [0.05, 0.1) is 77.5 Å². The number of H-pyrrole nitrogens is 7. The van der Waals surface area contributed by atoms with E-state index >= 15 is 0 Å². The molecule has 0 amide bonds. The molecule has 27 aromatic rings. The van der Waals surface area contributed by atoms with E-state index in [2.05, 4.69) is 251 Å². The zero-order chi connectivity index (χ0) is 94.9. The van der Waals surface area contributed by atoms with Gasteiger partial charge < -0.3 is 33.3 Å². The summed E-state index contributed by atoms with van der Waals surface area (Å²) < 4.78 is 21.3. The van der Waals surface area contributed by atoms with Gasteiger partial charge in [0.2, 0.25) is 0 Å². The highest BCUT2D eigenvalue weighted by atomic mass is 32.1. The van der Waals surface area contributed by atoms with Crippen molar-refractivity contribution >= 4 is 121 Å². The molecule has 0 aliphatic carbocycles. The number of nitrogens with zero attached hydrogens (tertiary/aromatic N) is 25. The van der Waals surface area contributed by atoms with E-state index in [1.54, 1.807) is 254 Å². The first-order valence-corrected chi connectivity index (χ1v) is 45.1. The Morgan fingerprint density at radius 2 is 0.860 bits per heavy atom. The molecule has 0 saturated heterocycles. The Morgan fingerprint density at radius 3 is 1.19 bits per heavy atom. The fourth-order valence-corrected chi connectivity index (χ4v) is 11.9. The number of pyridine rings is 2. The maximum atomic E-state index is 4.58. The van der Waals surface area contributed by atoms with Crippen molar-refractivity contribution in [3.63, 3.8) is 0 Å². The molecule has 0 unspecified atom stereocenters. The fourth-order valence-electron chi connectivity index (χ4n) is 8.14. The summed E-state index contributed by atoms with van der Waals surface area (Å²) in [6.07, 6.45) is 65.8. The van der Waals surface area contributed by atoms with Gasteiger partial charge in [0.1, 0.15) is 44.2 Å². The molecule has 0 aliphatic heterocycles. The van der Waals surface area contributed by atoms with E-state index < -0.39 is 0 Å². The first-order chi connectivity index (χ1) is 67.8. The van der Waals surface area contributed by atoms with Crippen molar-refractivity contribution in [1.82, 2.24) is 160 Å². The Bertz CT molecular complexity index is 5130. The number of tetrazole rings is 1. The molecule has 136 heavy (non-hydrogen) atoms. The Labute approximate surface area is 805 Å². The van der Waals surface area contributed by atoms with Crippen LogP contribution in [-0.2, 0) is 0 Å². The lowest BCUT2D eigenvalue weighted by molar-refractivity contribution is 0.420. The molecule has 686 valence electrons. The van der Waals surface area contributed by atoms with E-state index in [0.717, 1.165) is 22.1 Å². The summed E-state index contributed by atoms with van der Waals surface area (Å²) in [5.41, 5.74) is 7.02. The van der Waals surface area contributed by atoms with E-state index in [-0.39, 0.29) is 0 Å². The van der Waals surface area contributed by atoms with Crippen LogP contribution < -0.4 is 0 Å². The highest BCUT2D eigenvalue weighted by molar-refractivity contribution is 7.25. The van der Waals surface area contributed by atoms with Gasteiger partial charge in [-0.25, -0.2) is 54.2 Å². The van der Waals surface area contributed by atoms with Crippen LogP contribution in [0.1, 0.15) is 0 Å².